The molecule has 2 aromatic carbocycles. The molecule has 0 saturated heterocycles. The molecular weight excluding hydrogens is 366 g/mol. The van der Waals surface area contributed by atoms with Crippen LogP contribution in [0, 0.1) is 0 Å². The zero-order valence-electron chi connectivity index (χ0n) is 15.9. The van der Waals surface area contributed by atoms with E-state index in [1.807, 2.05) is 31.2 Å². The molecule has 0 heterocycles. The molecule has 0 aliphatic heterocycles. The van der Waals surface area contributed by atoms with Gasteiger partial charge in [0, 0.05) is 18.1 Å². The summed E-state index contributed by atoms with van der Waals surface area (Å²) in [7, 11) is 3.14. The van der Waals surface area contributed by atoms with E-state index in [1.54, 1.807) is 19.2 Å². The van der Waals surface area contributed by atoms with Crippen molar-refractivity contribution >= 4 is 17.6 Å². The molecule has 0 amide bonds. The molecule has 0 aromatic heterocycles. The molecule has 7 heteroatoms. The molecule has 6 nitrogen and oxygen atoms in total. The van der Waals surface area contributed by atoms with Crippen molar-refractivity contribution in [3.63, 3.8) is 0 Å². The van der Waals surface area contributed by atoms with Crippen LogP contribution in [0.1, 0.15) is 18.1 Å². The van der Waals surface area contributed by atoms with E-state index in [0.717, 1.165) is 29.8 Å². The lowest BCUT2D eigenvalue weighted by Gasteiger charge is -2.12. The molecule has 0 fully saturated rings. The van der Waals surface area contributed by atoms with Crippen molar-refractivity contribution in [3.8, 4) is 17.2 Å². The molecule has 3 N–H and O–H groups in total. The van der Waals surface area contributed by atoms with Crippen molar-refractivity contribution in [2.75, 3.05) is 27.3 Å². The number of aromatic hydroxyl groups is 1. The lowest BCUT2D eigenvalue weighted by molar-refractivity contribution is 0.373. The van der Waals surface area contributed by atoms with Gasteiger partial charge in [0.2, 0.25) is 0 Å². The fourth-order valence-corrected chi connectivity index (χ4v) is 2.78. The van der Waals surface area contributed by atoms with Gasteiger partial charge in [-0.15, -0.1) is 0 Å². The summed E-state index contributed by atoms with van der Waals surface area (Å²) in [4.78, 5) is 4.55. The molecule has 0 atom stereocenters. The molecule has 0 radical (unpaired) electrons. The second-order valence-electron chi connectivity index (χ2n) is 5.84. The van der Waals surface area contributed by atoms with Crippen LogP contribution >= 0.6 is 11.6 Å². The van der Waals surface area contributed by atoms with Gasteiger partial charge in [-0.25, -0.2) is 4.99 Å². The normalized spacial score (nSPS) is 11.2. The Balaban J connectivity index is 1.94. The van der Waals surface area contributed by atoms with E-state index in [4.69, 9.17) is 21.1 Å². The predicted molar refractivity (Wildman–Crippen MR) is 109 cm³/mol. The summed E-state index contributed by atoms with van der Waals surface area (Å²) in [6.07, 6.45) is 0.760. The summed E-state index contributed by atoms with van der Waals surface area (Å²) >= 11 is 6.28. The van der Waals surface area contributed by atoms with Crippen LogP contribution in [0.4, 0.5) is 0 Å². The molecule has 0 spiro atoms. The highest BCUT2D eigenvalue weighted by Crippen LogP contribution is 2.26. The van der Waals surface area contributed by atoms with Crippen LogP contribution < -0.4 is 20.1 Å². The van der Waals surface area contributed by atoms with Crippen molar-refractivity contribution in [1.82, 2.24) is 10.6 Å². The average Bonchev–Trinajstić information content (AvgIpc) is 2.67. The van der Waals surface area contributed by atoms with E-state index in [9.17, 15) is 5.11 Å². The Morgan fingerprint density at radius 3 is 2.56 bits per heavy atom. The van der Waals surface area contributed by atoms with E-state index in [-0.39, 0.29) is 5.75 Å². The second kappa shape index (κ2) is 10.5. The molecule has 0 bridgehead atoms. The Morgan fingerprint density at radius 2 is 1.93 bits per heavy atom. The minimum absolute atomic E-state index is 0.109. The van der Waals surface area contributed by atoms with Gasteiger partial charge in [0.25, 0.3) is 0 Å². The van der Waals surface area contributed by atoms with Gasteiger partial charge in [-0.1, -0.05) is 23.7 Å². The third-order valence-corrected chi connectivity index (χ3v) is 4.31. The second-order valence-corrected chi connectivity index (χ2v) is 6.24. The first kappa shape index (κ1) is 20.7. The first-order valence-electron chi connectivity index (χ1n) is 8.77. The van der Waals surface area contributed by atoms with E-state index in [0.29, 0.717) is 29.8 Å². The predicted octanol–water partition coefficient (Wildman–Crippen LogP) is 3.36. The van der Waals surface area contributed by atoms with Gasteiger partial charge in [0.15, 0.2) is 17.5 Å². The summed E-state index contributed by atoms with van der Waals surface area (Å²) in [5.41, 5.74) is 1.93. The summed E-state index contributed by atoms with van der Waals surface area (Å²) in [6.45, 7) is 3.89. The van der Waals surface area contributed by atoms with Crippen LogP contribution in [0.5, 0.6) is 17.2 Å². The van der Waals surface area contributed by atoms with Crippen molar-refractivity contribution in [2.45, 2.75) is 19.9 Å². The molecule has 0 saturated carbocycles. The van der Waals surface area contributed by atoms with Crippen LogP contribution in [-0.2, 0) is 13.0 Å². The number of methoxy groups -OCH3 is 2. The van der Waals surface area contributed by atoms with E-state index in [1.165, 1.54) is 7.11 Å². The summed E-state index contributed by atoms with van der Waals surface area (Å²) in [6, 6.07) is 10.9. The number of aliphatic imine (C=N–C) groups is 1. The van der Waals surface area contributed by atoms with Gasteiger partial charge in [-0.05, 0) is 48.7 Å². The highest BCUT2D eigenvalue weighted by atomic mass is 35.5. The molecule has 146 valence electrons. The van der Waals surface area contributed by atoms with E-state index >= 15 is 0 Å². The monoisotopic (exact) mass is 391 g/mol. The molecule has 2 rings (SSSR count). The summed E-state index contributed by atoms with van der Waals surface area (Å²) in [5, 5.41) is 17.1. The number of hydrogen-bond donors (Lipinski definition) is 3. The Morgan fingerprint density at radius 1 is 1.11 bits per heavy atom. The topological polar surface area (TPSA) is 75.1 Å². The maximum absolute atomic E-state index is 9.86. The number of phenolic OH excluding ortho intramolecular Hbond substituents is 1. The first-order chi connectivity index (χ1) is 13.1. The van der Waals surface area contributed by atoms with Crippen LogP contribution in [0.3, 0.4) is 0 Å². The van der Waals surface area contributed by atoms with Crippen LogP contribution in [-0.4, -0.2) is 38.4 Å². The number of nitrogens with one attached hydrogen (secondary N) is 2. The number of ether oxygens (including phenoxy) is 2. The fraction of sp³-hybridized carbons (Fsp3) is 0.350. The Kier molecular flexibility index (Phi) is 8.07. The molecule has 2 aromatic rings. The van der Waals surface area contributed by atoms with Crippen molar-refractivity contribution in [3.05, 3.63) is 52.5 Å². The molecule has 27 heavy (non-hydrogen) atoms. The Bertz CT molecular complexity index is 781. The van der Waals surface area contributed by atoms with Gasteiger partial charge in [0.1, 0.15) is 5.75 Å². The lowest BCUT2D eigenvalue weighted by Crippen LogP contribution is -2.38. The van der Waals surface area contributed by atoms with Gasteiger partial charge >= 0.3 is 0 Å². The van der Waals surface area contributed by atoms with Gasteiger partial charge in [-0.3, -0.25) is 0 Å². The number of hydrogen-bond acceptors (Lipinski definition) is 4. The number of rotatable bonds is 8. The minimum atomic E-state index is 0.109. The third-order valence-electron chi connectivity index (χ3n) is 3.95. The highest BCUT2D eigenvalue weighted by molar-refractivity contribution is 6.31. The van der Waals surface area contributed by atoms with Crippen molar-refractivity contribution in [2.24, 2.45) is 4.99 Å². The van der Waals surface area contributed by atoms with E-state index in [2.05, 4.69) is 15.6 Å². The highest BCUT2D eigenvalue weighted by Gasteiger charge is 2.05. The number of benzene rings is 2. The molecular formula is C20H26ClN3O3. The molecule has 0 aliphatic rings. The lowest BCUT2D eigenvalue weighted by atomic mass is 10.1. The fourth-order valence-electron chi connectivity index (χ4n) is 2.52. The van der Waals surface area contributed by atoms with Crippen LogP contribution in [0.15, 0.2) is 41.4 Å². The SMILES string of the molecule is CCNC(=NCc1ccc(OC)c(O)c1)NCCc1ccc(OC)cc1Cl. The quantitative estimate of drug-likeness (QED) is 0.475. The maximum atomic E-state index is 9.86. The smallest absolute Gasteiger partial charge is 0.191 e. The van der Waals surface area contributed by atoms with Crippen LogP contribution in [0.25, 0.3) is 0 Å². The van der Waals surface area contributed by atoms with Crippen molar-refractivity contribution < 1.29 is 14.6 Å². The molecule has 0 aliphatic carbocycles. The third kappa shape index (κ3) is 6.25. The largest absolute Gasteiger partial charge is 0.504 e. The summed E-state index contributed by atoms with van der Waals surface area (Å²) in [5.74, 6) is 2.01. The number of guanidine groups is 1. The van der Waals surface area contributed by atoms with Gasteiger partial charge < -0.3 is 25.2 Å². The zero-order chi connectivity index (χ0) is 19.6. The van der Waals surface area contributed by atoms with Gasteiger partial charge in [-0.2, -0.15) is 0 Å². The average molecular weight is 392 g/mol. The number of halogens is 1. The summed E-state index contributed by atoms with van der Waals surface area (Å²) < 4.78 is 10.2. The number of nitrogens with zero attached hydrogens (tertiary/aromatic N) is 1. The first-order valence-corrected chi connectivity index (χ1v) is 9.15. The van der Waals surface area contributed by atoms with Crippen molar-refractivity contribution in [1.29, 1.82) is 0 Å². The maximum Gasteiger partial charge on any atom is 0.191 e. The van der Waals surface area contributed by atoms with E-state index < -0.39 is 0 Å². The Labute approximate surface area is 165 Å². The van der Waals surface area contributed by atoms with Gasteiger partial charge in [0.05, 0.1) is 20.8 Å². The number of phenols is 1. The Hall–Kier alpha value is -2.60. The van der Waals surface area contributed by atoms with Crippen LogP contribution in [0.2, 0.25) is 5.02 Å². The zero-order valence-corrected chi connectivity index (χ0v) is 16.6. The minimum Gasteiger partial charge on any atom is -0.504 e. The standard InChI is InChI=1S/C20H26ClN3O3/c1-4-22-20(24-13-14-5-8-19(27-3)18(25)11-14)23-10-9-15-6-7-16(26-2)12-17(15)21/h5-8,11-12,25H,4,9-10,13H2,1-3H3,(H2,22,23,24). The molecule has 0 unspecified atom stereocenters.